The molecule has 0 N–H and O–H groups in total. The molecule has 0 aliphatic carbocycles. The van der Waals surface area contributed by atoms with Gasteiger partial charge < -0.3 is 9.47 Å². The normalized spacial score (nSPS) is 12.8. The fraction of sp³-hybridized carbons (Fsp3) is 0.480. The quantitative estimate of drug-likeness (QED) is 0.352. The molecule has 0 aliphatic heterocycles. The van der Waals surface area contributed by atoms with Gasteiger partial charge in [0.15, 0.2) is 0 Å². The summed E-state index contributed by atoms with van der Waals surface area (Å²) in [5.41, 5.74) is 3.37. The fourth-order valence-corrected chi connectivity index (χ4v) is 17.3. The lowest BCUT2D eigenvalue weighted by Crippen LogP contribution is -2.46. The van der Waals surface area contributed by atoms with E-state index in [9.17, 15) is 4.79 Å². The van der Waals surface area contributed by atoms with E-state index in [1.165, 1.54) is 5.56 Å². The summed E-state index contributed by atoms with van der Waals surface area (Å²) in [5, 5.41) is 0.592. The Balaban J connectivity index is 2.68. The molecule has 0 amide bonds. The van der Waals surface area contributed by atoms with Crippen LogP contribution in [0.4, 0.5) is 0 Å². The Hall–Kier alpha value is -1.86. The Labute approximate surface area is 184 Å². The van der Waals surface area contributed by atoms with Crippen LogP contribution in [0.15, 0.2) is 42.5 Å². The second-order valence-electron chi connectivity index (χ2n) is 11.2. The number of carbonyl (C=O) groups is 1. The molecule has 0 spiro atoms. The number of methoxy groups -OCH3 is 1. The number of rotatable bonds is 6. The Morgan fingerprint density at radius 3 is 1.83 bits per heavy atom. The molecular weight excluding hydrogens is 404 g/mol. The number of hydrogen-bond acceptors (Lipinski definition) is 3. The minimum atomic E-state index is -1.46. The third-order valence-electron chi connectivity index (χ3n) is 5.13. The minimum absolute atomic E-state index is 0.280. The van der Waals surface area contributed by atoms with E-state index in [2.05, 4.69) is 51.4 Å². The van der Waals surface area contributed by atoms with Crippen LogP contribution in [0.3, 0.4) is 0 Å². The molecule has 0 bridgehead atoms. The van der Waals surface area contributed by atoms with Crippen molar-refractivity contribution in [3.63, 3.8) is 0 Å². The number of benzene rings is 2. The highest BCUT2D eigenvalue weighted by atomic mass is 28.4. The number of carbonyl (C=O) groups excluding carboxylic acids is 1. The van der Waals surface area contributed by atoms with Crippen LogP contribution in [0.25, 0.3) is 11.1 Å². The maximum Gasteiger partial charge on any atom is 0.339 e. The molecule has 2 aromatic rings. The molecule has 3 nitrogen and oxygen atoms in total. The van der Waals surface area contributed by atoms with Crippen LogP contribution in [-0.2, 0) is 4.74 Å². The molecule has 5 heteroatoms. The molecule has 164 valence electrons. The summed E-state index contributed by atoms with van der Waals surface area (Å²) in [6, 6.07) is 14.3. The minimum Gasteiger partial charge on any atom is -0.497 e. The van der Waals surface area contributed by atoms with Gasteiger partial charge >= 0.3 is 5.97 Å². The van der Waals surface area contributed by atoms with Gasteiger partial charge in [-0.15, -0.1) is 0 Å². The van der Waals surface area contributed by atoms with Gasteiger partial charge in [0.25, 0.3) is 0 Å². The van der Waals surface area contributed by atoms with Crippen molar-refractivity contribution >= 4 is 22.1 Å². The molecule has 0 aliphatic rings. The molecule has 2 aromatic carbocycles. The largest absolute Gasteiger partial charge is 0.497 e. The Bertz CT molecular complexity index is 869. The highest BCUT2D eigenvalue weighted by Gasteiger charge is 2.39. The van der Waals surface area contributed by atoms with E-state index in [1.54, 1.807) is 7.11 Å². The van der Waals surface area contributed by atoms with E-state index >= 15 is 0 Å². The molecule has 0 aromatic heterocycles. The van der Waals surface area contributed by atoms with E-state index in [-0.39, 0.29) is 5.97 Å². The van der Waals surface area contributed by atoms with Crippen molar-refractivity contribution in [2.75, 3.05) is 7.11 Å². The zero-order valence-corrected chi connectivity index (χ0v) is 22.3. The van der Waals surface area contributed by atoms with Gasteiger partial charge in [-0.1, -0.05) is 63.5 Å². The van der Waals surface area contributed by atoms with Gasteiger partial charge in [-0.05, 0) is 60.8 Å². The molecular formula is C25H38O3Si2. The summed E-state index contributed by atoms with van der Waals surface area (Å²) in [6.07, 6.45) is 0. The first-order valence-electron chi connectivity index (χ1n) is 10.7. The molecule has 0 fully saturated rings. The van der Waals surface area contributed by atoms with Crippen molar-refractivity contribution in [1.82, 2.24) is 0 Å². The van der Waals surface area contributed by atoms with Gasteiger partial charge in [0.2, 0.25) is 0 Å². The lowest BCUT2D eigenvalue weighted by atomic mass is 9.97. The van der Waals surface area contributed by atoms with E-state index in [1.807, 2.05) is 51.1 Å². The van der Waals surface area contributed by atoms with E-state index < -0.39 is 21.7 Å². The molecule has 0 saturated heterocycles. The van der Waals surface area contributed by atoms with Crippen LogP contribution < -0.4 is 4.74 Å². The predicted molar refractivity (Wildman–Crippen MR) is 133 cm³/mol. The summed E-state index contributed by atoms with van der Waals surface area (Å²) >= 11 is 0. The van der Waals surface area contributed by atoms with Gasteiger partial charge in [0.05, 0.1) is 12.7 Å². The highest BCUT2D eigenvalue weighted by Crippen LogP contribution is 2.38. The van der Waals surface area contributed by atoms with Gasteiger partial charge in [-0.2, -0.15) is 0 Å². The molecule has 0 radical (unpaired) electrons. The SMILES string of the molecule is COc1ccc(-c2cc(C([Si](C)(C)C)[Si](C)(C)C)ccc2C(=O)OC(C)(C)C)cc1. The Morgan fingerprint density at radius 2 is 1.40 bits per heavy atom. The van der Waals surface area contributed by atoms with Crippen molar-refractivity contribution in [1.29, 1.82) is 0 Å². The highest BCUT2D eigenvalue weighted by molar-refractivity contribution is 6.96. The first-order valence-corrected chi connectivity index (χ1v) is 17.8. The molecule has 0 heterocycles. The maximum absolute atomic E-state index is 13.0. The maximum atomic E-state index is 13.0. The third-order valence-corrected chi connectivity index (χ3v) is 14.5. The van der Waals surface area contributed by atoms with E-state index in [0.717, 1.165) is 16.9 Å². The van der Waals surface area contributed by atoms with E-state index in [0.29, 0.717) is 10.7 Å². The fourth-order valence-electron chi connectivity index (χ4n) is 4.56. The summed E-state index contributed by atoms with van der Waals surface area (Å²) < 4.78 is 11.0. The van der Waals surface area contributed by atoms with Crippen molar-refractivity contribution in [3.05, 3.63) is 53.6 Å². The lowest BCUT2D eigenvalue weighted by Gasteiger charge is -2.39. The third kappa shape index (κ3) is 6.08. The van der Waals surface area contributed by atoms with Crippen LogP contribution in [0.5, 0.6) is 5.75 Å². The van der Waals surface area contributed by atoms with Crippen LogP contribution in [0, 0.1) is 0 Å². The molecule has 0 unspecified atom stereocenters. The second-order valence-corrected chi connectivity index (χ2v) is 22.4. The monoisotopic (exact) mass is 442 g/mol. The number of esters is 1. The molecule has 0 saturated carbocycles. The second kappa shape index (κ2) is 8.71. The van der Waals surface area contributed by atoms with Gasteiger partial charge in [-0.25, -0.2) is 4.79 Å². The zero-order valence-electron chi connectivity index (χ0n) is 20.3. The number of ether oxygens (including phenoxy) is 2. The van der Waals surface area contributed by atoms with Crippen LogP contribution in [0.2, 0.25) is 39.3 Å². The van der Waals surface area contributed by atoms with Gasteiger partial charge in [0.1, 0.15) is 11.4 Å². The van der Waals surface area contributed by atoms with E-state index in [4.69, 9.17) is 9.47 Å². The van der Waals surface area contributed by atoms with Crippen LogP contribution >= 0.6 is 0 Å². The average Bonchev–Trinajstić information content (AvgIpc) is 2.57. The van der Waals surface area contributed by atoms with Crippen molar-refractivity contribution in [3.8, 4) is 16.9 Å². The van der Waals surface area contributed by atoms with Gasteiger partial charge in [0, 0.05) is 16.1 Å². The van der Waals surface area contributed by atoms with Crippen molar-refractivity contribution in [2.45, 2.75) is 70.8 Å². The van der Waals surface area contributed by atoms with Crippen LogP contribution in [0.1, 0.15) is 41.9 Å². The predicted octanol–water partition coefficient (Wildman–Crippen LogP) is 7.16. The summed E-state index contributed by atoms with van der Waals surface area (Å²) in [6.45, 7) is 20.4. The van der Waals surface area contributed by atoms with Crippen molar-refractivity contribution in [2.24, 2.45) is 0 Å². The van der Waals surface area contributed by atoms with Gasteiger partial charge in [-0.3, -0.25) is 0 Å². The Morgan fingerprint density at radius 1 is 0.867 bits per heavy atom. The van der Waals surface area contributed by atoms with Crippen LogP contribution in [-0.4, -0.2) is 34.8 Å². The van der Waals surface area contributed by atoms with Crippen molar-refractivity contribution < 1.29 is 14.3 Å². The lowest BCUT2D eigenvalue weighted by molar-refractivity contribution is 0.00704. The summed E-state index contributed by atoms with van der Waals surface area (Å²) in [4.78, 5) is 13.0. The molecule has 30 heavy (non-hydrogen) atoms. The Kier molecular flexibility index (Phi) is 7.09. The standard InChI is InChI=1S/C25H38O3Si2/c1-25(2,3)28-23(26)21-16-13-19(24(29(5,6)7)30(8,9)10)17-22(21)18-11-14-20(27-4)15-12-18/h11-17,24H,1-10H3. The first kappa shape index (κ1) is 24.4. The topological polar surface area (TPSA) is 35.5 Å². The zero-order chi connectivity index (χ0) is 22.9. The average molecular weight is 443 g/mol. The molecule has 0 atom stereocenters. The summed E-state index contributed by atoms with van der Waals surface area (Å²) in [7, 11) is -1.26. The number of hydrogen-bond donors (Lipinski definition) is 0. The first-order chi connectivity index (χ1) is 13.6. The smallest absolute Gasteiger partial charge is 0.339 e. The molecule has 2 rings (SSSR count). The summed E-state index contributed by atoms with van der Waals surface area (Å²) in [5.74, 6) is 0.522.